The molecule has 0 aliphatic carbocycles. The van der Waals surface area contributed by atoms with Gasteiger partial charge in [-0.15, -0.1) is 0 Å². The minimum atomic E-state index is -0.286. The lowest BCUT2D eigenvalue weighted by Gasteiger charge is -2.16. The summed E-state index contributed by atoms with van der Waals surface area (Å²) >= 11 is 0. The second kappa shape index (κ2) is 6.26. The molecule has 0 radical (unpaired) electrons. The van der Waals surface area contributed by atoms with Crippen LogP contribution < -0.4 is 10.2 Å². The molecule has 1 aromatic rings. The fourth-order valence-corrected chi connectivity index (χ4v) is 2.80. The van der Waals surface area contributed by atoms with Crippen molar-refractivity contribution >= 4 is 17.5 Å². The number of anilines is 1. The Bertz CT molecular complexity index is 521. The van der Waals surface area contributed by atoms with Gasteiger partial charge in [0.25, 0.3) is 0 Å². The molecule has 2 amide bonds. The number of nitrogens with one attached hydrogen (secondary N) is 1. The first-order valence-corrected chi connectivity index (χ1v) is 7.53. The molecule has 2 heterocycles. The van der Waals surface area contributed by atoms with Crippen molar-refractivity contribution in [2.45, 2.75) is 38.3 Å². The Morgan fingerprint density at radius 1 is 1.29 bits per heavy atom. The molecule has 1 N–H and O–H groups in total. The third-order valence-electron chi connectivity index (χ3n) is 4.01. The van der Waals surface area contributed by atoms with Crippen LogP contribution in [0, 0.1) is 0 Å². The Morgan fingerprint density at radius 2 is 2.10 bits per heavy atom. The fraction of sp³-hybridized carbons (Fsp3) is 0.500. The smallest absolute Gasteiger partial charge is 0.249 e. The highest BCUT2D eigenvalue weighted by Gasteiger charge is 2.23. The van der Waals surface area contributed by atoms with Gasteiger partial charge in [-0.1, -0.05) is 12.1 Å². The molecule has 5 heteroatoms. The largest absolute Gasteiger partial charge is 0.368 e. The van der Waals surface area contributed by atoms with Gasteiger partial charge in [-0.3, -0.25) is 9.59 Å². The Kier molecular flexibility index (Phi) is 4.20. The molecule has 0 bridgehead atoms. The molecule has 2 aliphatic heterocycles. The number of ether oxygens (including phenoxy) is 1. The molecule has 2 aliphatic rings. The molecule has 0 unspecified atom stereocenters. The van der Waals surface area contributed by atoms with E-state index in [0.717, 1.165) is 37.1 Å². The van der Waals surface area contributed by atoms with Crippen molar-refractivity contribution in [3.63, 3.8) is 0 Å². The number of carbonyl (C=O) groups is 2. The molecule has 112 valence electrons. The standard InChI is InChI=1S/C16H20N2O3/c19-15-4-1-9-18(15)13-7-5-12(6-8-13)11-17-16(20)14-3-2-10-21-14/h5-8,14H,1-4,9-11H2,(H,17,20)/t14-/m0/s1. The van der Waals surface area contributed by atoms with E-state index in [0.29, 0.717) is 19.6 Å². The highest BCUT2D eigenvalue weighted by Crippen LogP contribution is 2.21. The minimum absolute atomic E-state index is 0.0358. The summed E-state index contributed by atoms with van der Waals surface area (Å²) in [6, 6.07) is 7.79. The van der Waals surface area contributed by atoms with Crippen molar-refractivity contribution in [3.8, 4) is 0 Å². The van der Waals surface area contributed by atoms with Gasteiger partial charge in [0.15, 0.2) is 0 Å². The van der Waals surface area contributed by atoms with Gasteiger partial charge in [0, 0.05) is 31.8 Å². The molecule has 21 heavy (non-hydrogen) atoms. The summed E-state index contributed by atoms with van der Waals surface area (Å²) < 4.78 is 5.35. The predicted molar refractivity (Wildman–Crippen MR) is 78.8 cm³/mol. The predicted octanol–water partition coefficient (Wildman–Crippen LogP) is 1.61. The van der Waals surface area contributed by atoms with Crippen molar-refractivity contribution in [1.82, 2.24) is 5.32 Å². The zero-order valence-corrected chi connectivity index (χ0v) is 12.0. The summed E-state index contributed by atoms with van der Waals surface area (Å²) in [5.74, 6) is 0.153. The zero-order valence-electron chi connectivity index (χ0n) is 12.0. The highest BCUT2D eigenvalue weighted by atomic mass is 16.5. The first kappa shape index (κ1) is 14.1. The topological polar surface area (TPSA) is 58.6 Å². The van der Waals surface area contributed by atoms with Gasteiger partial charge in [0.1, 0.15) is 6.10 Å². The molecule has 0 saturated carbocycles. The molecular weight excluding hydrogens is 268 g/mol. The second-order valence-electron chi connectivity index (χ2n) is 5.53. The maximum absolute atomic E-state index is 11.8. The minimum Gasteiger partial charge on any atom is -0.368 e. The molecule has 1 atom stereocenters. The summed E-state index contributed by atoms with van der Waals surface area (Å²) in [4.78, 5) is 25.3. The van der Waals surface area contributed by atoms with Crippen molar-refractivity contribution < 1.29 is 14.3 Å². The van der Waals surface area contributed by atoms with Crippen LogP contribution in [0.1, 0.15) is 31.2 Å². The van der Waals surface area contributed by atoms with Gasteiger partial charge in [0.2, 0.25) is 11.8 Å². The third-order valence-corrected chi connectivity index (χ3v) is 4.01. The lowest BCUT2D eigenvalue weighted by atomic mass is 10.2. The van der Waals surface area contributed by atoms with Gasteiger partial charge in [-0.05, 0) is 37.0 Å². The maximum Gasteiger partial charge on any atom is 0.249 e. The van der Waals surface area contributed by atoms with Crippen LogP contribution in [0.3, 0.4) is 0 Å². The van der Waals surface area contributed by atoms with Crippen LogP contribution in [0.2, 0.25) is 0 Å². The van der Waals surface area contributed by atoms with Crippen LogP contribution in [0.4, 0.5) is 5.69 Å². The number of nitrogens with zero attached hydrogens (tertiary/aromatic N) is 1. The SMILES string of the molecule is O=C(NCc1ccc(N2CCCC2=O)cc1)[C@@H]1CCCO1. The van der Waals surface area contributed by atoms with Gasteiger partial charge in [0.05, 0.1) is 0 Å². The molecule has 2 saturated heterocycles. The molecular formula is C16H20N2O3. The lowest BCUT2D eigenvalue weighted by molar-refractivity contribution is -0.130. The lowest BCUT2D eigenvalue weighted by Crippen LogP contribution is -2.33. The van der Waals surface area contributed by atoms with Gasteiger partial charge in [-0.25, -0.2) is 0 Å². The van der Waals surface area contributed by atoms with Crippen molar-refractivity contribution in [3.05, 3.63) is 29.8 Å². The summed E-state index contributed by atoms with van der Waals surface area (Å²) in [7, 11) is 0. The fourth-order valence-electron chi connectivity index (χ4n) is 2.80. The van der Waals surface area contributed by atoms with E-state index in [1.165, 1.54) is 0 Å². The van der Waals surface area contributed by atoms with E-state index in [2.05, 4.69) is 5.32 Å². The maximum atomic E-state index is 11.8. The Hall–Kier alpha value is -1.88. The summed E-state index contributed by atoms with van der Waals surface area (Å²) in [6.07, 6.45) is 3.04. The number of amides is 2. The highest BCUT2D eigenvalue weighted by molar-refractivity contribution is 5.95. The van der Waals surface area contributed by atoms with E-state index in [4.69, 9.17) is 4.74 Å². The number of carbonyl (C=O) groups excluding carboxylic acids is 2. The Labute approximate surface area is 124 Å². The molecule has 2 fully saturated rings. The quantitative estimate of drug-likeness (QED) is 0.915. The normalized spacial score (nSPS) is 21.8. The van der Waals surface area contributed by atoms with Crippen LogP contribution in [0.25, 0.3) is 0 Å². The number of hydrogen-bond donors (Lipinski definition) is 1. The monoisotopic (exact) mass is 288 g/mol. The summed E-state index contributed by atoms with van der Waals surface area (Å²) in [6.45, 7) is 1.97. The third kappa shape index (κ3) is 3.24. The summed E-state index contributed by atoms with van der Waals surface area (Å²) in [5.41, 5.74) is 1.96. The molecule has 0 spiro atoms. The molecule has 0 aromatic heterocycles. The van der Waals surface area contributed by atoms with Crippen LogP contribution in [-0.4, -0.2) is 31.1 Å². The summed E-state index contributed by atoms with van der Waals surface area (Å²) in [5, 5.41) is 2.89. The van der Waals surface area contributed by atoms with E-state index in [-0.39, 0.29) is 17.9 Å². The van der Waals surface area contributed by atoms with Gasteiger partial charge < -0.3 is 15.0 Å². The second-order valence-corrected chi connectivity index (χ2v) is 5.53. The number of benzene rings is 1. The zero-order chi connectivity index (χ0) is 14.7. The number of rotatable bonds is 4. The van der Waals surface area contributed by atoms with Crippen LogP contribution in [0.5, 0.6) is 0 Å². The van der Waals surface area contributed by atoms with E-state index in [1.807, 2.05) is 29.2 Å². The Balaban J connectivity index is 1.54. The van der Waals surface area contributed by atoms with Crippen LogP contribution in [-0.2, 0) is 20.9 Å². The van der Waals surface area contributed by atoms with Gasteiger partial charge in [-0.2, -0.15) is 0 Å². The number of hydrogen-bond acceptors (Lipinski definition) is 3. The molecule has 1 aromatic carbocycles. The van der Waals surface area contributed by atoms with Crippen LogP contribution in [0.15, 0.2) is 24.3 Å². The molecule has 5 nitrogen and oxygen atoms in total. The van der Waals surface area contributed by atoms with E-state index in [1.54, 1.807) is 0 Å². The van der Waals surface area contributed by atoms with E-state index < -0.39 is 0 Å². The van der Waals surface area contributed by atoms with Crippen molar-refractivity contribution in [1.29, 1.82) is 0 Å². The van der Waals surface area contributed by atoms with Crippen molar-refractivity contribution in [2.24, 2.45) is 0 Å². The van der Waals surface area contributed by atoms with Crippen LogP contribution >= 0.6 is 0 Å². The molecule has 3 rings (SSSR count). The average Bonchev–Trinajstić information content (AvgIpc) is 3.17. The van der Waals surface area contributed by atoms with E-state index in [9.17, 15) is 9.59 Å². The first-order chi connectivity index (χ1) is 10.2. The Morgan fingerprint density at radius 3 is 2.71 bits per heavy atom. The van der Waals surface area contributed by atoms with Crippen molar-refractivity contribution in [2.75, 3.05) is 18.1 Å². The average molecular weight is 288 g/mol. The van der Waals surface area contributed by atoms with E-state index >= 15 is 0 Å². The first-order valence-electron chi connectivity index (χ1n) is 7.53. The van der Waals surface area contributed by atoms with Gasteiger partial charge >= 0.3 is 0 Å².